The predicted molar refractivity (Wildman–Crippen MR) is 74.7 cm³/mol. The molecule has 7 nitrogen and oxygen atoms in total. The van der Waals surface area contributed by atoms with Crippen LogP contribution in [0.2, 0.25) is 0 Å². The summed E-state index contributed by atoms with van der Waals surface area (Å²) in [7, 11) is -1.77. The minimum Gasteiger partial charge on any atom is -0.396 e. The number of piperidine rings is 1. The number of aliphatic hydroxyl groups is 1. The third-order valence-electron chi connectivity index (χ3n) is 3.67. The fraction of sp³-hybridized carbons (Fsp3) is 0.917. The van der Waals surface area contributed by atoms with Crippen molar-refractivity contribution in [3.8, 4) is 0 Å². The maximum atomic E-state index is 12.0. The molecular weight excluding hydrogens is 284 g/mol. The summed E-state index contributed by atoms with van der Waals surface area (Å²) in [5.41, 5.74) is -0.338. The average molecular weight is 308 g/mol. The molecule has 0 bridgehead atoms. The van der Waals surface area contributed by atoms with Gasteiger partial charge in [-0.05, 0) is 19.3 Å². The molecular formula is C12H24N2O5S. The number of sulfonamides is 1. The lowest BCUT2D eigenvalue weighted by atomic mass is 9.78. The monoisotopic (exact) mass is 308 g/mol. The highest BCUT2D eigenvalue weighted by Crippen LogP contribution is 2.33. The van der Waals surface area contributed by atoms with E-state index in [1.165, 1.54) is 0 Å². The first-order chi connectivity index (χ1) is 9.32. The van der Waals surface area contributed by atoms with Gasteiger partial charge >= 0.3 is 0 Å². The lowest BCUT2D eigenvalue weighted by Crippen LogP contribution is -2.50. The van der Waals surface area contributed by atoms with Crippen molar-refractivity contribution in [2.24, 2.45) is 5.41 Å². The molecule has 1 fully saturated rings. The lowest BCUT2D eigenvalue weighted by Gasteiger charge is -2.41. The van der Waals surface area contributed by atoms with Crippen LogP contribution in [0.3, 0.4) is 0 Å². The molecule has 118 valence electrons. The molecule has 1 atom stereocenters. The zero-order chi connectivity index (χ0) is 15.2. The second-order valence-electron chi connectivity index (χ2n) is 5.41. The maximum Gasteiger partial charge on any atom is 0.237 e. The predicted octanol–water partition coefficient (Wildman–Crippen LogP) is -0.827. The number of likely N-dealkylation sites (tertiary alicyclic amines) is 1. The SMILES string of the molecule is COCC[C@]1(CO)CCCN(C(=O)CNS(C)(=O)=O)C1. The molecule has 1 amide bonds. The van der Waals surface area contributed by atoms with Crippen LogP contribution in [-0.2, 0) is 19.6 Å². The van der Waals surface area contributed by atoms with Gasteiger partial charge in [0.05, 0.1) is 19.4 Å². The second-order valence-corrected chi connectivity index (χ2v) is 7.25. The second kappa shape index (κ2) is 7.35. The summed E-state index contributed by atoms with van der Waals surface area (Å²) in [4.78, 5) is 13.6. The third-order valence-corrected chi connectivity index (χ3v) is 4.34. The number of aliphatic hydroxyl groups excluding tert-OH is 1. The van der Waals surface area contributed by atoms with Gasteiger partial charge in [0.15, 0.2) is 0 Å². The summed E-state index contributed by atoms with van der Waals surface area (Å²) in [6, 6.07) is 0. The number of rotatable bonds is 7. The first-order valence-corrected chi connectivity index (χ1v) is 8.53. The van der Waals surface area contributed by atoms with Crippen molar-refractivity contribution in [1.29, 1.82) is 0 Å². The molecule has 0 aromatic rings. The van der Waals surface area contributed by atoms with Crippen LogP contribution in [0.15, 0.2) is 0 Å². The molecule has 0 aromatic heterocycles. The van der Waals surface area contributed by atoms with Crippen molar-refractivity contribution in [3.63, 3.8) is 0 Å². The third kappa shape index (κ3) is 5.35. The summed E-state index contributed by atoms with van der Waals surface area (Å²) in [6.07, 6.45) is 3.35. The van der Waals surface area contributed by atoms with Crippen LogP contribution in [0.1, 0.15) is 19.3 Å². The van der Waals surface area contributed by atoms with E-state index in [-0.39, 0.29) is 24.5 Å². The molecule has 0 aromatic carbocycles. The minimum atomic E-state index is -3.37. The molecule has 8 heteroatoms. The Balaban J connectivity index is 2.60. The lowest BCUT2D eigenvalue weighted by molar-refractivity contribution is -0.134. The first kappa shape index (κ1) is 17.4. The zero-order valence-electron chi connectivity index (χ0n) is 12.1. The van der Waals surface area contributed by atoms with Gasteiger partial charge in [-0.2, -0.15) is 0 Å². The van der Waals surface area contributed by atoms with E-state index >= 15 is 0 Å². The number of carbonyl (C=O) groups excluding carboxylic acids is 1. The quantitative estimate of drug-likeness (QED) is 0.640. The van der Waals surface area contributed by atoms with Gasteiger partial charge in [0.25, 0.3) is 0 Å². The molecule has 0 radical (unpaired) electrons. The van der Waals surface area contributed by atoms with Crippen molar-refractivity contribution in [2.45, 2.75) is 19.3 Å². The maximum absolute atomic E-state index is 12.0. The summed E-state index contributed by atoms with van der Waals surface area (Å²) in [5, 5.41) is 9.62. The molecule has 2 N–H and O–H groups in total. The number of amides is 1. The van der Waals surface area contributed by atoms with E-state index in [1.54, 1.807) is 12.0 Å². The van der Waals surface area contributed by atoms with Gasteiger partial charge in [-0.25, -0.2) is 13.1 Å². The van der Waals surface area contributed by atoms with Gasteiger partial charge in [-0.3, -0.25) is 4.79 Å². The summed E-state index contributed by atoms with van der Waals surface area (Å²) in [5.74, 6) is -0.259. The highest BCUT2D eigenvalue weighted by Gasteiger charge is 2.36. The van der Waals surface area contributed by atoms with Gasteiger partial charge < -0.3 is 14.7 Å². The van der Waals surface area contributed by atoms with Crippen LogP contribution in [0.4, 0.5) is 0 Å². The van der Waals surface area contributed by atoms with E-state index in [0.29, 0.717) is 26.1 Å². The molecule has 1 aliphatic rings. The van der Waals surface area contributed by atoms with Crippen LogP contribution in [0.5, 0.6) is 0 Å². The normalized spacial score (nSPS) is 23.9. The molecule has 0 unspecified atom stereocenters. The molecule has 20 heavy (non-hydrogen) atoms. The van der Waals surface area contributed by atoms with Gasteiger partial charge in [0.1, 0.15) is 0 Å². The van der Waals surface area contributed by atoms with Crippen LogP contribution in [0, 0.1) is 5.41 Å². The van der Waals surface area contributed by atoms with Crippen molar-refractivity contribution in [2.75, 3.05) is 46.2 Å². The standard InChI is InChI=1S/C12H24N2O5S/c1-19-7-5-12(10-15)4-3-6-14(9-12)11(16)8-13-20(2,17)18/h13,15H,3-10H2,1-2H3/t12-/m1/s1. The number of hydrogen-bond acceptors (Lipinski definition) is 5. The Morgan fingerprint density at radius 3 is 2.75 bits per heavy atom. The van der Waals surface area contributed by atoms with E-state index in [9.17, 15) is 18.3 Å². The number of nitrogens with zero attached hydrogens (tertiary/aromatic N) is 1. The van der Waals surface area contributed by atoms with Gasteiger partial charge in [-0.1, -0.05) is 0 Å². The Hall–Kier alpha value is -0.700. The topological polar surface area (TPSA) is 95.9 Å². The van der Waals surface area contributed by atoms with E-state index < -0.39 is 10.0 Å². The average Bonchev–Trinajstić information content (AvgIpc) is 2.42. The van der Waals surface area contributed by atoms with Crippen molar-refractivity contribution >= 4 is 15.9 Å². The van der Waals surface area contributed by atoms with Crippen LogP contribution in [-0.4, -0.2) is 70.5 Å². The van der Waals surface area contributed by atoms with Crippen LogP contribution in [0.25, 0.3) is 0 Å². The van der Waals surface area contributed by atoms with Crippen LogP contribution < -0.4 is 4.72 Å². The van der Waals surface area contributed by atoms with Crippen molar-refractivity contribution < 1.29 is 23.1 Å². The van der Waals surface area contributed by atoms with E-state index in [4.69, 9.17) is 4.74 Å². The summed E-state index contributed by atoms with van der Waals surface area (Å²) < 4.78 is 29.3. The molecule has 0 spiro atoms. The highest BCUT2D eigenvalue weighted by molar-refractivity contribution is 7.88. The molecule has 0 aliphatic carbocycles. The van der Waals surface area contributed by atoms with Crippen LogP contribution >= 0.6 is 0 Å². The fourth-order valence-corrected chi connectivity index (χ4v) is 2.84. The van der Waals surface area contributed by atoms with E-state index in [2.05, 4.69) is 4.72 Å². The van der Waals surface area contributed by atoms with E-state index in [1.807, 2.05) is 0 Å². The molecule has 1 heterocycles. The smallest absolute Gasteiger partial charge is 0.237 e. The van der Waals surface area contributed by atoms with Gasteiger partial charge in [0, 0.05) is 32.2 Å². The number of nitrogens with one attached hydrogen (secondary N) is 1. The first-order valence-electron chi connectivity index (χ1n) is 6.64. The molecule has 1 rings (SSSR count). The number of hydrogen-bond donors (Lipinski definition) is 2. The number of methoxy groups -OCH3 is 1. The summed E-state index contributed by atoms with van der Waals surface area (Å²) in [6.45, 7) is 1.34. The highest BCUT2D eigenvalue weighted by atomic mass is 32.2. The minimum absolute atomic E-state index is 0.000352. The molecule has 1 saturated heterocycles. The van der Waals surface area contributed by atoms with Gasteiger partial charge in [0.2, 0.25) is 15.9 Å². The Kier molecular flexibility index (Phi) is 6.38. The molecule has 0 saturated carbocycles. The van der Waals surface area contributed by atoms with Gasteiger partial charge in [-0.15, -0.1) is 0 Å². The Bertz CT molecular complexity index is 426. The molecule has 1 aliphatic heterocycles. The number of carbonyl (C=O) groups is 1. The zero-order valence-corrected chi connectivity index (χ0v) is 12.9. The number of ether oxygens (including phenoxy) is 1. The Morgan fingerprint density at radius 1 is 1.50 bits per heavy atom. The van der Waals surface area contributed by atoms with Crippen molar-refractivity contribution in [3.05, 3.63) is 0 Å². The summed E-state index contributed by atoms with van der Waals surface area (Å²) >= 11 is 0. The Labute approximate surface area is 120 Å². The Morgan fingerprint density at radius 2 is 2.20 bits per heavy atom. The fourth-order valence-electron chi connectivity index (χ4n) is 2.46. The van der Waals surface area contributed by atoms with Crippen molar-refractivity contribution in [1.82, 2.24) is 9.62 Å². The largest absolute Gasteiger partial charge is 0.396 e. The van der Waals surface area contributed by atoms with E-state index in [0.717, 1.165) is 19.1 Å².